The average Bonchev–Trinajstić information content (AvgIpc) is 3.05. The third-order valence-corrected chi connectivity index (χ3v) is 2.09. The summed E-state index contributed by atoms with van der Waals surface area (Å²) in [5.74, 6) is 0. The van der Waals surface area contributed by atoms with Crippen molar-refractivity contribution in [1.82, 2.24) is 31.9 Å². The molecule has 18 heavy (non-hydrogen) atoms. The average molecular weight is 258 g/mol. The fraction of sp³-hybridized carbons (Fsp3) is 0.667. The lowest BCUT2D eigenvalue weighted by Crippen LogP contribution is -2.20. The highest BCUT2D eigenvalue weighted by Crippen LogP contribution is 1.71. The Balaban J connectivity index is 0.000000135. The first-order chi connectivity index (χ1) is 8.68. The van der Waals surface area contributed by atoms with E-state index in [4.69, 9.17) is 0 Å². The van der Waals surface area contributed by atoms with Gasteiger partial charge in [-0.2, -0.15) is 0 Å². The summed E-state index contributed by atoms with van der Waals surface area (Å²) >= 11 is 0. The Morgan fingerprint density at radius 3 is 0.667 bits per heavy atom. The molecule has 6 N–H and O–H groups in total. The van der Waals surface area contributed by atoms with E-state index in [-0.39, 0.29) is 18.1 Å². The molecule has 3 rings (SSSR count). The topological polar surface area (TPSA) is 123 Å². The summed E-state index contributed by atoms with van der Waals surface area (Å²) < 4.78 is 0. The zero-order valence-electron chi connectivity index (χ0n) is 9.97. The molecule has 0 aliphatic carbocycles. The Labute approximate surface area is 104 Å². The van der Waals surface area contributed by atoms with Crippen LogP contribution in [-0.4, -0.2) is 57.4 Å². The summed E-state index contributed by atoms with van der Waals surface area (Å²) in [6.07, 6.45) is 0. The molecule has 0 aromatic heterocycles. The number of hydrogen-bond donors (Lipinski definition) is 6. The van der Waals surface area contributed by atoms with Gasteiger partial charge in [0.05, 0.1) is 0 Å². The molecule has 0 spiro atoms. The number of rotatable bonds is 0. The largest absolute Gasteiger partial charge is 0.336 e. The number of urea groups is 3. The number of nitrogens with one attached hydrogen (secondary N) is 6. The molecular formula is C9H18N6O3. The Kier molecular flexibility index (Phi) is 6.15. The third kappa shape index (κ3) is 6.40. The molecule has 0 saturated carbocycles. The van der Waals surface area contributed by atoms with Crippen molar-refractivity contribution in [2.24, 2.45) is 0 Å². The van der Waals surface area contributed by atoms with Crippen molar-refractivity contribution in [3.8, 4) is 0 Å². The maximum atomic E-state index is 10.0. The molecule has 0 aromatic rings. The van der Waals surface area contributed by atoms with Gasteiger partial charge in [0.25, 0.3) is 0 Å². The van der Waals surface area contributed by atoms with E-state index in [1.807, 2.05) is 0 Å². The number of carbonyl (C=O) groups excluding carboxylic acids is 3. The normalized spacial score (nSPS) is 19.7. The number of carbonyl (C=O) groups is 3. The standard InChI is InChI=1S/3C3H6N2O/c3*6-3-4-1-2-5-3/h3*1-2H2,(H2,4,5,6). The van der Waals surface area contributed by atoms with E-state index < -0.39 is 0 Å². The smallest absolute Gasteiger partial charge is 0.314 e. The van der Waals surface area contributed by atoms with Gasteiger partial charge in [0.15, 0.2) is 0 Å². The molecule has 3 aliphatic rings. The van der Waals surface area contributed by atoms with Crippen LogP contribution in [0.3, 0.4) is 0 Å². The van der Waals surface area contributed by atoms with Gasteiger partial charge in [-0.3, -0.25) is 0 Å². The molecule has 0 bridgehead atoms. The molecule has 0 unspecified atom stereocenters. The molecule has 0 radical (unpaired) electrons. The lowest BCUT2D eigenvalue weighted by atomic mass is 10.7. The van der Waals surface area contributed by atoms with Crippen LogP contribution < -0.4 is 31.9 Å². The second kappa shape index (κ2) is 7.98. The van der Waals surface area contributed by atoms with Gasteiger partial charge in [-0.05, 0) is 0 Å². The first-order valence-corrected chi connectivity index (χ1v) is 5.73. The second-order valence-corrected chi connectivity index (χ2v) is 3.55. The van der Waals surface area contributed by atoms with Crippen LogP contribution in [0.2, 0.25) is 0 Å². The maximum absolute atomic E-state index is 10.0. The van der Waals surface area contributed by atoms with Crippen molar-refractivity contribution in [2.75, 3.05) is 39.3 Å². The molecule has 9 heteroatoms. The van der Waals surface area contributed by atoms with E-state index in [0.29, 0.717) is 0 Å². The van der Waals surface area contributed by atoms with Crippen LogP contribution in [0.25, 0.3) is 0 Å². The van der Waals surface area contributed by atoms with Gasteiger partial charge >= 0.3 is 18.1 Å². The third-order valence-electron chi connectivity index (χ3n) is 2.09. The van der Waals surface area contributed by atoms with E-state index in [2.05, 4.69) is 31.9 Å². The van der Waals surface area contributed by atoms with Crippen LogP contribution in [0.1, 0.15) is 0 Å². The van der Waals surface area contributed by atoms with Gasteiger partial charge < -0.3 is 31.9 Å². The second-order valence-electron chi connectivity index (χ2n) is 3.55. The lowest BCUT2D eigenvalue weighted by Gasteiger charge is -1.80. The first-order valence-electron chi connectivity index (χ1n) is 5.73. The van der Waals surface area contributed by atoms with E-state index >= 15 is 0 Å². The predicted molar refractivity (Wildman–Crippen MR) is 64.2 cm³/mol. The van der Waals surface area contributed by atoms with Crippen molar-refractivity contribution in [2.45, 2.75) is 0 Å². The van der Waals surface area contributed by atoms with E-state index in [1.54, 1.807) is 0 Å². The zero-order chi connectivity index (χ0) is 13.2. The van der Waals surface area contributed by atoms with Crippen LogP contribution in [0.4, 0.5) is 14.4 Å². The number of amides is 6. The zero-order valence-corrected chi connectivity index (χ0v) is 9.97. The highest BCUT2D eigenvalue weighted by Gasteiger charge is 2.04. The van der Waals surface area contributed by atoms with Gasteiger partial charge in [-0.25, -0.2) is 14.4 Å². The molecule has 102 valence electrons. The molecule has 0 atom stereocenters. The van der Waals surface area contributed by atoms with Crippen LogP contribution in [0.15, 0.2) is 0 Å². The fourth-order valence-electron chi connectivity index (χ4n) is 1.24. The fourth-order valence-corrected chi connectivity index (χ4v) is 1.24. The summed E-state index contributed by atoms with van der Waals surface area (Å²) in [7, 11) is 0. The van der Waals surface area contributed by atoms with E-state index in [1.165, 1.54) is 0 Å². The van der Waals surface area contributed by atoms with Gasteiger partial charge in [0.1, 0.15) is 0 Å². The SMILES string of the molecule is O=C1NCCN1.O=C1NCCN1.O=C1NCCN1. The Bertz CT molecular complexity index is 237. The number of hydrogen-bond acceptors (Lipinski definition) is 3. The molecule has 3 aliphatic heterocycles. The highest BCUT2D eigenvalue weighted by atomic mass is 16.2. The van der Waals surface area contributed by atoms with E-state index in [9.17, 15) is 14.4 Å². The molecule has 6 amide bonds. The monoisotopic (exact) mass is 258 g/mol. The van der Waals surface area contributed by atoms with Crippen LogP contribution in [0, 0.1) is 0 Å². The van der Waals surface area contributed by atoms with Gasteiger partial charge in [0, 0.05) is 39.3 Å². The predicted octanol–water partition coefficient (Wildman–Crippen LogP) is -2.10. The van der Waals surface area contributed by atoms with E-state index in [0.717, 1.165) is 39.3 Å². The highest BCUT2D eigenvalue weighted by molar-refractivity contribution is 5.76. The summed E-state index contributed by atoms with van der Waals surface area (Å²) in [4.78, 5) is 30.1. The minimum atomic E-state index is -0.0463. The van der Waals surface area contributed by atoms with Gasteiger partial charge in [0.2, 0.25) is 0 Å². The van der Waals surface area contributed by atoms with Crippen molar-refractivity contribution >= 4 is 18.1 Å². The summed E-state index contributed by atoms with van der Waals surface area (Å²) in [6, 6.07) is -0.139. The van der Waals surface area contributed by atoms with Crippen molar-refractivity contribution in [1.29, 1.82) is 0 Å². The molecule has 9 nitrogen and oxygen atoms in total. The molecule has 0 aromatic carbocycles. The molecule has 3 fully saturated rings. The molecular weight excluding hydrogens is 240 g/mol. The van der Waals surface area contributed by atoms with Crippen LogP contribution in [-0.2, 0) is 0 Å². The van der Waals surface area contributed by atoms with Gasteiger partial charge in [-0.1, -0.05) is 0 Å². The van der Waals surface area contributed by atoms with Crippen molar-refractivity contribution < 1.29 is 14.4 Å². The van der Waals surface area contributed by atoms with Crippen molar-refractivity contribution in [3.05, 3.63) is 0 Å². The summed E-state index contributed by atoms with van der Waals surface area (Å²) in [5.41, 5.74) is 0. The molecule has 3 heterocycles. The minimum Gasteiger partial charge on any atom is -0.336 e. The Hall–Kier alpha value is -2.19. The van der Waals surface area contributed by atoms with Gasteiger partial charge in [-0.15, -0.1) is 0 Å². The summed E-state index contributed by atoms with van der Waals surface area (Å²) in [6.45, 7) is 4.66. The van der Waals surface area contributed by atoms with Crippen LogP contribution in [0.5, 0.6) is 0 Å². The summed E-state index contributed by atoms with van der Waals surface area (Å²) in [5, 5.41) is 15.4. The molecule has 3 saturated heterocycles. The quantitative estimate of drug-likeness (QED) is 0.298. The Morgan fingerprint density at radius 1 is 0.444 bits per heavy atom. The van der Waals surface area contributed by atoms with Crippen molar-refractivity contribution in [3.63, 3.8) is 0 Å². The van der Waals surface area contributed by atoms with Crippen LogP contribution >= 0.6 is 0 Å². The minimum absolute atomic E-state index is 0.0463. The first kappa shape index (κ1) is 13.9. The lowest BCUT2D eigenvalue weighted by molar-refractivity contribution is 0.247. The maximum Gasteiger partial charge on any atom is 0.314 e. The Morgan fingerprint density at radius 2 is 0.611 bits per heavy atom.